The van der Waals surface area contributed by atoms with Gasteiger partial charge in [-0.3, -0.25) is 10.1 Å². The van der Waals surface area contributed by atoms with Gasteiger partial charge in [-0.1, -0.05) is 17.3 Å². The Morgan fingerprint density at radius 2 is 2.03 bits per heavy atom. The van der Waals surface area contributed by atoms with Crippen LogP contribution in [0.1, 0.15) is 22.1 Å². The second-order valence-electron chi connectivity index (χ2n) is 6.58. The Morgan fingerprint density at radius 3 is 2.90 bits per heavy atom. The summed E-state index contributed by atoms with van der Waals surface area (Å²) in [5.41, 5.74) is 2.21. The van der Waals surface area contributed by atoms with Crippen molar-refractivity contribution < 1.29 is 18.8 Å². The molecular formula is C21H16N4O4S2. The zero-order valence-corrected chi connectivity index (χ0v) is 18.0. The minimum absolute atomic E-state index is 0.223. The maximum Gasteiger partial charge on any atom is 0.258 e. The van der Waals surface area contributed by atoms with Gasteiger partial charge in [-0.25, -0.2) is 4.98 Å². The molecule has 0 unspecified atom stereocenters. The minimum Gasteiger partial charge on any atom is -0.454 e. The van der Waals surface area contributed by atoms with Crippen LogP contribution in [0.2, 0.25) is 0 Å². The first-order valence-electron chi connectivity index (χ1n) is 9.33. The van der Waals surface area contributed by atoms with E-state index in [-0.39, 0.29) is 12.7 Å². The lowest BCUT2D eigenvalue weighted by Crippen LogP contribution is -2.12. The van der Waals surface area contributed by atoms with Crippen LogP contribution in [0.25, 0.3) is 11.3 Å². The highest BCUT2D eigenvalue weighted by molar-refractivity contribution is 7.98. The Bertz CT molecular complexity index is 1250. The molecule has 0 aliphatic carbocycles. The van der Waals surface area contributed by atoms with Crippen LogP contribution in [-0.2, 0) is 5.75 Å². The van der Waals surface area contributed by atoms with Gasteiger partial charge in [-0.2, -0.15) is 4.98 Å². The van der Waals surface area contributed by atoms with E-state index in [9.17, 15) is 4.79 Å². The number of fused-ring (bicyclic) bond motifs is 1. The summed E-state index contributed by atoms with van der Waals surface area (Å²) < 4.78 is 15.9. The van der Waals surface area contributed by atoms with E-state index < -0.39 is 0 Å². The second kappa shape index (κ2) is 8.40. The van der Waals surface area contributed by atoms with Gasteiger partial charge in [0, 0.05) is 15.8 Å². The van der Waals surface area contributed by atoms with Gasteiger partial charge in [0.15, 0.2) is 22.5 Å². The van der Waals surface area contributed by atoms with Gasteiger partial charge in [-0.05, 0) is 37.3 Å². The second-order valence-corrected chi connectivity index (χ2v) is 8.46. The number of carbonyl (C=O) groups is 1. The average Bonchev–Trinajstić information content (AvgIpc) is 3.53. The highest BCUT2D eigenvalue weighted by Crippen LogP contribution is 2.36. The van der Waals surface area contributed by atoms with Gasteiger partial charge in [-0.15, -0.1) is 23.1 Å². The predicted molar refractivity (Wildman–Crippen MR) is 117 cm³/mol. The van der Waals surface area contributed by atoms with Crippen LogP contribution in [0.15, 0.2) is 57.3 Å². The monoisotopic (exact) mass is 452 g/mol. The average molecular weight is 453 g/mol. The van der Waals surface area contributed by atoms with E-state index >= 15 is 0 Å². The number of hydrogen-bond donors (Lipinski definition) is 1. The number of aryl methyl sites for hydroxylation is 1. The SMILES string of the molecule is Cc1noc(CSc2ccccc2C(=O)Nc2nc(-c3ccc4c(c3)OCO4)cs2)n1. The van der Waals surface area contributed by atoms with Crippen molar-refractivity contribution in [1.29, 1.82) is 0 Å². The summed E-state index contributed by atoms with van der Waals surface area (Å²) in [6.45, 7) is 1.99. The molecule has 5 rings (SSSR count). The highest BCUT2D eigenvalue weighted by atomic mass is 32.2. The molecule has 4 aromatic rings. The third-order valence-corrected chi connectivity index (χ3v) is 6.26. The molecule has 0 saturated heterocycles. The van der Waals surface area contributed by atoms with Crippen LogP contribution in [0.4, 0.5) is 5.13 Å². The fourth-order valence-electron chi connectivity index (χ4n) is 3.00. The number of nitrogens with one attached hydrogen (secondary N) is 1. The fourth-order valence-corrected chi connectivity index (χ4v) is 4.60. The largest absolute Gasteiger partial charge is 0.454 e. The van der Waals surface area contributed by atoms with E-state index in [1.807, 2.05) is 41.8 Å². The van der Waals surface area contributed by atoms with Crippen molar-refractivity contribution in [2.75, 3.05) is 12.1 Å². The number of carbonyl (C=O) groups excluding carboxylic acids is 1. The first-order valence-corrected chi connectivity index (χ1v) is 11.2. The molecule has 0 bridgehead atoms. The molecule has 10 heteroatoms. The lowest BCUT2D eigenvalue weighted by molar-refractivity contribution is 0.102. The summed E-state index contributed by atoms with van der Waals surface area (Å²) in [6.07, 6.45) is 0. The zero-order valence-electron chi connectivity index (χ0n) is 16.3. The summed E-state index contributed by atoms with van der Waals surface area (Å²) in [5.74, 6) is 2.78. The van der Waals surface area contributed by atoms with Crippen molar-refractivity contribution in [2.45, 2.75) is 17.6 Å². The third-order valence-electron chi connectivity index (χ3n) is 4.45. The Balaban J connectivity index is 1.30. The third kappa shape index (κ3) is 4.25. The Morgan fingerprint density at radius 1 is 1.16 bits per heavy atom. The summed E-state index contributed by atoms with van der Waals surface area (Å²) in [7, 11) is 0. The van der Waals surface area contributed by atoms with Gasteiger partial charge < -0.3 is 14.0 Å². The number of hydrogen-bond acceptors (Lipinski definition) is 9. The van der Waals surface area contributed by atoms with E-state index in [0.29, 0.717) is 33.9 Å². The number of benzene rings is 2. The molecule has 0 spiro atoms. The number of thioether (sulfide) groups is 1. The molecule has 156 valence electrons. The van der Waals surface area contributed by atoms with Gasteiger partial charge in [0.05, 0.1) is 17.0 Å². The Kier molecular flexibility index (Phi) is 5.31. The summed E-state index contributed by atoms with van der Waals surface area (Å²) >= 11 is 2.83. The zero-order chi connectivity index (χ0) is 21.2. The number of nitrogens with zero attached hydrogens (tertiary/aromatic N) is 3. The minimum atomic E-state index is -0.226. The van der Waals surface area contributed by atoms with E-state index in [4.69, 9.17) is 14.0 Å². The number of rotatable bonds is 6. The fraction of sp³-hybridized carbons (Fsp3) is 0.143. The van der Waals surface area contributed by atoms with Gasteiger partial charge in [0.1, 0.15) is 0 Å². The summed E-state index contributed by atoms with van der Waals surface area (Å²) in [6, 6.07) is 13.0. The quantitative estimate of drug-likeness (QED) is 0.418. The predicted octanol–water partition coefficient (Wildman–Crippen LogP) is 4.77. The van der Waals surface area contributed by atoms with Crippen molar-refractivity contribution >= 4 is 34.1 Å². The molecule has 8 nitrogen and oxygen atoms in total. The first kappa shape index (κ1) is 19.6. The maximum absolute atomic E-state index is 12.9. The number of ether oxygens (including phenoxy) is 2. The number of aromatic nitrogens is 3. The number of amides is 1. The molecule has 1 amide bonds. The smallest absolute Gasteiger partial charge is 0.258 e. The van der Waals surface area contributed by atoms with Crippen LogP contribution < -0.4 is 14.8 Å². The van der Waals surface area contributed by atoms with E-state index in [0.717, 1.165) is 21.9 Å². The van der Waals surface area contributed by atoms with Crippen LogP contribution in [0, 0.1) is 6.92 Å². The lowest BCUT2D eigenvalue weighted by atomic mass is 10.1. The topological polar surface area (TPSA) is 99.4 Å². The normalized spacial score (nSPS) is 12.2. The van der Waals surface area contributed by atoms with E-state index in [1.54, 1.807) is 13.0 Å². The Hall–Kier alpha value is -3.37. The molecule has 0 atom stereocenters. The van der Waals surface area contributed by atoms with Crippen LogP contribution in [-0.4, -0.2) is 27.8 Å². The molecule has 3 heterocycles. The molecular weight excluding hydrogens is 436 g/mol. The van der Waals surface area contributed by atoms with Crippen LogP contribution in [0.3, 0.4) is 0 Å². The number of thiazole rings is 1. The molecule has 2 aromatic carbocycles. The summed E-state index contributed by atoms with van der Waals surface area (Å²) in [4.78, 5) is 22.5. The molecule has 31 heavy (non-hydrogen) atoms. The molecule has 1 aliphatic rings. The van der Waals surface area contributed by atoms with Crippen molar-refractivity contribution in [3.63, 3.8) is 0 Å². The van der Waals surface area contributed by atoms with Crippen molar-refractivity contribution in [1.82, 2.24) is 15.1 Å². The van der Waals surface area contributed by atoms with Crippen molar-refractivity contribution in [3.8, 4) is 22.8 Å². The van der Waals surface area contributed by atoms with Crippen molar-refractivity contribution in [2.24, 2.45) is 0 Å². The van der Waals surface area contributed by atoms with E-state index in [1.165, 1.54) is 23.1 Å². The van der Waals surface area contributed by atoms with Gasteiger partial charge >= 0.3 is 0 Å². The molecule has 0 saturated carbocycles. The standard InChI is InChI=1S/C21H16N4O4S2/c1-12-22-19(29-25-12)10-30-18-5-3-2-4-14(18)20(26)24-21-23-15(9-31-21)13-6-7-16-17(8-13)28-11-27-16/h2-9H,10-11H2,1H3,(H,23,24,26). The molecule has 2 aromatic heterocycles. The molecule has 0 fully saturated rings. The van der Waals surface area contributed by atoms with Gasteiger partial charge in [0.2, 0.25) is 12.7 Å². The van der Waals surface area contributed by atoms with E-state index in [2.05, 4.69) is 20.4 Å². The summed E-state index contributed by atoms with van der Waals surface area (Å²) in [5, 5.41) is 9.09. The highest BCUT2D eigenvalue weighted by Gasteiger charge is 2.17. The molecule has 0 radical (unpaired) electrons. The first-order chi connectivity index (χ1) is 15.2. The van der Waals surface area contributed by atoms with Crippen LogP contribution >= 0.6 is 23.1 Å². The molecule has 1 aliphatic heterocycles. The van der Waals surface area contributed by atoms with Crippen molar-refractivity contribution in [3.05, 3.63) is 65.1 Å². The van der Waals surface area contributed by atoms with Crippen LogP contribution in [0.5, 0.6) is 11.5 Å². The van der Waals surface area contributed by atoms with Gasteiger partial charge in [0.25, 0.3) is 5.91 Å². The lowest BCUT2D eigenvalue weighted by Gasteiger charge is -2.07. The molecule has 1 N–H and O–H groups in total. The number of anilines is 1. The maximum atomic E-state index is 12.9. The Labute approximate surface area is 185 Å².